The number of hydrogen-bond donors (Lipinski definition) is 0. The number of hydrogen-bond acceptors (Lipinski definition) is 4. The summed E-state index contributed by atoms with van der Waals surface area (Å²) in [5.41, 5.74) is 1.39. The fourth-order valence-corrected chi connectivity index (χ4v) is 2.68. The predicted molar refractivity (Wildman–Crippen MR) is 79.4 cm³/mol. The maximum absolute atomic E-state index is 11.4. The summed E-state index contributed by atoms with van der Waals surface area (Å²) < 4.78 is 5.54. The number of carbonyl (C=O) groups is 1. The fraction of sp³-hybridized carbons (Fsp3) is 0.375. The van der Waals surface area contributed by atoms with E-state index >= 15 is 0 Å². The first kappa shape index (κ1) is 13.1. The Balaban J connectivity index is 2.16. The topological polar surface area (TPSA) is 42.4 Å². The van der Waals surface area contributed by atoms with Crippen molar-refractivity contribution in [1.29, 1.82) is 0 Å². The van der Waals surface area contributed by atoms with E-state index in [1.807, 2.05) is 30.3 Å². The van der Waals surface area contributed by atoms with E-state index < -0.39 is 0 Å². The van der Waals surface area contributed by atoms with E-state index in [9.17, 15) is 4.79 Å². The first-order valence-electron chi connectivity index (χ1n) is 6.82. The summed E-state index contributed by atoms with van der Waals surface area (Å²) in [6.45, 7) is 6.27. The van der Waals surface area contributed by atoms with Crippen molar-refractivity contribution in [2.45, 2.75) is 19.4 Å². The van der Waals surface area contributed by atoms with Crippen LogP contribution in [-0.4, -0.2) is 36.6 Å². The van der Waals surface area contributed by atoms with Crippen molar-refractivity contribution >= 4 is 23.0 Å². The van der Waals surface area contributed by atoms with Crippen molar-refractivity contribution in [3.63, 3.8) is 0 Å². The summed E-state index contributed by atoms with van der Waals surface area (Å²) in [5.74, 6) is 0.756. The molecule has 1 saturated heterocycles. The van der Waals surface area contributed by atoms with Crippen LogP contribution in [0.15, 0.2) is 30.3 Å². The lowest BCUT2D eigenvalue weighted by molar-refractivity contribution is 0.0638. The molecular weight excluding hydrogens is 252 g/mol. The summed E-state index contributed by atoms with van der Waals surface area (Å²) in [6.07, 6.45) is 0.889. The second kappa shape index (κ2) is 4.87. The first-order valence-corrected chi connectivity index (χ1v) is 6.82. The Bertz CT molecular complexity index is 652. The largest absolute Gasteiger partial charge is 0.377 e. The van der Waals surface area contributed by atoms with Gasteiger partial charge in [0.2, 0.25) is 0 Å². The molecule has 4 nitrogen and oxygen atoms in total. The van der Waals surface area contributed by atoms with E-state index in [2.05, 4.69) is 18.7 Å². The summed E-state index contributed by atoms with van der Waals surface area (Å²) in [7, 11) is 0. The van der Waals surface area contributed by atoms with Gasteiger partial charge in [-0.15, -0.1) is 0 Å². The molecule has 0 N–H and O–H groups in total. The lowest BCUT2D eigenvalue weighted by atomic mass is 10.0. The minimum absolute atomic E-state index is 0.161. The van der Waals surface area contributed by atoms with Gasteiger partial charge >= 0.3 is 0 Å². The quantitative estimate of drug-likeness (QED) is 0.787. The average molecular weight is 270 g/mol. The highest BCUT2D eigenvalue weighted by Crippen LogP contribution is 2.29. The third kappa shape index (κ3) is 2.16. The van der Waals surface area contributed by atoms with Gasteiger partial charge in [-0.3, -0.25) is 4.79 Å². The van der Waals surface area contributed by atoms with E-state index in [4.69, 9.17) is 9.72 Å². The number of rotatable bonds is 2. The summed E-state index contributed by atoms with van der Waals surface area (Å²) in [4.78, 5) is 18.3. The molecule has 1 fully saturated rings. The summed E-state index contributed by atoms with van der Waals surface area (Å²) in [6, 6.07) is 9.78. The number of fused-ring (bicyclic) bond motifs is 1. The number of aldehydes is 1. The molecule has 0 spiro atoms. The van der Waals surface area contributed by atoms with Crippen molar-refractivity contribution < 1.29 is 9.53 Å². The molecular formula is C16H18N2O2. The van der Waals surface area contributed by atoms with Gasteiger partial charge in [0, 0.05) is 11.9 Å². The second-order valence-corrected chi connectivity index (χ2v) is 5.73. The molecule has 1 aromatic carbocycles. The number of morpholine rings is 1. The molecule has 0 atom stereocenters. The van der Waals surface area contributed by atoms with Crippen molar-refractivity contribution in [3.8, 4) is 0 Å². The molecule has 1 aliphatic rings. The zero-order valence-corrected chi connectivity index (χ0v) is 11.8. The van der Waals surface area contributed by atoms with Crippen LogP contribution in [0.4, 0.5) is 5.82 Å². The molecule has 0 unspecified atom stereocenters. The van der Waals surface area contributed by atoms with Crippen LogP contribution >= 0.6 is 0 Å². The molecule has 3 rings (SSSR count). The van der Waals surface area contributed by atoms with E-state index in [0.717, 1.165) is 29.6 Å². The lowest BCUT2D eigenvalue weighted by Gasteiger charge is -2.43. The molecule has 2 heterocycles. The van der Waals surface area contributed by atoms with Gasteiger partial charge in [0.25, 0.3) is 0 Å². The van der Waals surface area contributed by atoms with Gasteiger partial charge in [0.1, 0.15) is 5.82 Å². The van der Waals surface area contributed by atoms with Crippen LogP contribution in [0.3, 0.4) is 0 Å². The molecule has 0 amide bonds. The zero-order valence-electron chi connectivity index (χ0n) is 11.8. The van der Waals surface area contributed by atoms with Crippen LogP contribution in [0.2, 0.25) is 0 Å². The lowest BCUT2D eigenvalue weighted by Crippen LogP contribution is -2.53. The van der Waals surface area contributed by atoms with E-state index in [-0.39, 0.29) is 5.54 Å². The van der Waals surface area contributed by atoms with Crippen molar-refractivity contribution in [1.82, 2.24) is 4.98 Å². The van der Waals surface area contributed by atoms with E-state index in [1.165, 1.54) is 0 Å². The molecule has 104 valence electrons. The smallest absolute Gasteiger partial charge is 0.153 e. The van der Waals surface area contributed by atoms with Gasteiger partial charge in [0.15, 0.2) is 6.29 Å². The second-order valence-electron chi connectivity index (χ2n) is 5.73. The van der Waals surface area contributed by atoms with Gasteiger partial charge in [-0.05, 0) is 26.0 Å². The number of carbonyl (C=O) groups excluding carboxylic acids is 1. The predicted octanol–water partition coefficient (Wildman–Crippen LogP) is 2.66. The SMILES string of the molecule is CC1(C)COCCN1c1nc2ccccc2cc1C=O. The Hall–Kier alpha value is -1.94. The van der Waals surface area contributed by atoms with Crippen LogP contribution in [0.25, 0.3) is 10.9 Å². The summed E-state index contributed by atoms with van der Waals surface area (Å²) >= 11 is 0. The molecule has 0 saturated carbocycles. The molecule has 20 heavy (non-hydrogen) atoms. The Kier molecular flexibility index (Phi) is 3.18. The molecule has 1 aliphatic heterocycles. The number of aromatic nitrogens is 1. The van der Waals surface area contributed by atoms with E-state index in [1.54, 1.807) is 0 Å². The third-order valence-corrected chi connectivity index (χ3v) is 3.76. The van der Waals surface area contributed by atoms with Crippen LogP contribution < -0.4 is 4.90 Å². The van der Waals surface area contributed by atoms with Crippen LogP contribution in [0.1, 0.15) is 24.2 Å². The van der Waals surface area contributed by atoms with Crippen LogP contribution in [-0.2, 0) is 4.74 Å². The Morgan fingerprint density at radius 3 is 2.90 bits per heavy atom. The van der Waals surface area contributed by atoms with Gasteiger partial charge in [-0.2, -0.15) is 0 Å². The molecule has 0 bridgehead atoms. The average Bonchev–Trinajstić information content (AvgIpc) is 2.45. The minimum Gasteiger partial charge on any atom is -0.377 e. The maximum atomic E-state index is 11.4. The number of ether oxygens (including phenoxy) is 1. The molecule has 2 aromatic rings. The van der Waals surface area contributed by atoms with Gasteiger partial charge in [-0.25, -0.2) is 4.98 Å². The monoisotopic (exact) mass is 270 g/mol. The normalized spacial score (nSPS) is 18.2. The van der Waals surface area contributed by atoms with Gasteiger partial charge in [-0.1, -0.05) is 18.2 Å². The standard InChI is InChI=1S/C16H18N2O2/c1-16(2)11-20-8-7-18(16)15-13(10-19)9-12-5-3-4-6-14(12)17-15/h3-6,9-10H,7-8,11H2,1-2H3. The third-order valence-electron chi connectivity index (χ3n) is 3.76. The molecule has 0 radical (unpaired) electrons. The summed E-state index contributed by atoms with van der Waals surface area (Å²) in [5, 5.41) is 0.990. The number of pyridine rings is 1. The highest BCUT2D eigenvalue weighted by molar-refractivity contribution is 5.92. The van der Waals surface area contributed by atoms with Crippen molar-refractivity contribution in [2.24, 2.45) is 0 Å². The molecule has 4 heteroatoms. The molecule has 0 aliphatic carbocycles. The molecule has 1 aromatic heterocycles. The van der Waals surface area contributed by atoms with Crippen LogP contribution in [0, 0.1) is 0 Å². The van der Waals surface area contributed by atoms with Gasteiger partial charge in [0.05, 0.1) is 29.8 Å². The Labute approximate surface area is 118 Å². The van der Waals surface area contributed by atoms with Crippen molar-refractivity contribution in [2.75, 3.05) is 24.7 Å². The Morgan fingerprint density at radius 2 is 2.15 bits per heavy atom. The first-order chi connectivity index (χ1) is 9.62. The van der Waals surface area contributed by atoms with Gasteiger partial charge < -0.3 is 9.64 Å². The fourth-order valence-electron chi connectivity index (χ4n) is 2.68. The Morgan fingerprint density at radius 1 is 1.35 bits per heavy atom. The van der Waals surface area contributed by atoms with E-state index in [0.29, 0.717) is 18.8 Å². The highest BCUT2D eigenvalue weighted by atomic mass is 16.5. The highest BCUT2D eigenvalue weighted by Gasteiger charge is 2.32. The number of anilines is 1. The van der Waals surface area contributed by atoms with Crippen LogP contribution in [0.5, 0.6) is 0 Å². The number of para-hydroxylation sites is 1. The van der Waals surface area contributed by atoms with Crippen molar-refractivity contribution in [3.05, 3.63) is 35.9 Å². The number of benzene rings is 1. The minimum atomic E-state index is -0.161. The maximum Gasteiger partial charge on any atom is 0.153 e. The zero-order chi connectivity index (χ0) is 14.2. The number of nitrogens with zero attached hydrogens (tertiary/aromatic N) is 2.